The maximum atomic E-state index is 12.8. The van der Waals surface area contributed by atoms with E-state index in [1.807, 2.05) is 25.1 Å². The van der Waals surface area contributed by atoms with Gasteiger partial charge in [-0.25, -0.2) is 0 Å². The van der Waals surface area contributed by atoms with Gasteiger partial charge in [0.25, 0.3) is 0 Å². The highest BCUT2D eigenvalue weighted by Crippen LogP contribution is 2.19. The average Bonchev–Trinajstić information content (AvgIpc) is 2.68. The zero-order chi connectivity index (χ0) is 14.0. The van der Waals surface area contributed by atoms with Crippen molar-refractivity contribution in [3.63, 3.8) is 0 Å². The lowest BCUT2D eigenvalue weighted by molar-refractivity contribution is -0.127. The lowest BCUT2D eigenvalue weighted by Crippen LogP contribution is -2.29. The average molecular weight is 286 g/mol. The van der Waals surface area contributed by atoms with E-state index in [-0.39, 0.29) is 18.9 Å². The van der Waals surface area contributed by atoms with E-state index in [9.17, 15) is 17.1 Å². The highest BCUT2D eigenvalue weighted by Gasteiger charge is 2.38. The second-order valence-electron chi connectivity index (χ2n) is 4.66. The lowest BCUT2D eigenvalue weighted by Gasteiger charge is -2.15. The topological polar surface area (TPSA) is 67.3 Å². The molecule has 1 saturated heterocycles. The van der Waals surface area contributed by atoms with Crippen LogP contribution in [0, 0.1) is 6.92 Å². The van der Waals surface area contributed by atoms with Crippen molar-refractivity contribution in [1.29, 1.82) is 0 Å². The molecular formula is C12H15FN2O3S. The van der Waals surface area contributed by atoms with E-state index in [0.717, 1.165) is 11.4 Å². The van der Waals surface area contributed by atoms with Crippen molar-refractivity contribution in [2.75, 3.05) is 13.1 Å². The number of aromatic nitrogens is 1. The summed E-state index contributed by atoms with van der Waals surface area (Å²) in [5, 5.41) is -1.22. The fourth-order valence-corrected chi connectivity index (χ4v) is 2.83. The van der Waals surface area contributed by atoms with Crippen molar-refractivity contribution in [3.8, 4) is 0 Å². The second-order valence-corrected chi connectivity index (χ2v) is 6.28. The Balaban J connectivity index is 1.96. The molecule has 2 heterocycles. The van der Waals surface area contributed by atoms with E-state index in [0.29, 0.717) is 13.0 Å². The molecule has 1 unspecified atom stereocenters. The summed E-state index contributed by atoms with van der Waals surface area (Å²) < 4.78 is 34.4. The van der Waals surface area contributed by atoms with Gasteiger partial charge >= 0.3 is 10.2 Å². The number of likely N-dealkylation sites (tertiary alicyclic amines) is 1. The summed E-state index contributed by atoms with van der Waals surface area (Å²) >= 11 is 0. The molecular weight excluding hydrogens is 271 g/mol. The van der Waals surface area contributed by atoms with Crippen molar-refractivity contribution >= 4 is 16.1 Å². The summed E-state index contributed by atoms with van der Waals surface area (Å²) in [7, 11) is -4.64. The third-order valence-corrected chi connectivity index (χ3v) is 4.27. The molecule has 1 atom stereocenters. The van der Waals surface area contributed by atoms with Gasteiger partial charge in [0, 0.05) is 37.3 Å². The molecule has 5 nitrogen and oxygen atoms in total. The van der Waals surface area contributed by atoms with Gasteiger partial charge in [-0.05, 0) is 19.1 Å². The summed E-state index contributed by atoms with van der Waals surface area (Å²) in [4.78, 5) is 17.3. The van der Waals surface area contributed by atoms with Crippen LogP contribution >= 0.6 is 0 Å². The molecule has 7 heteroatoms. The third kappa shape index (κ3) is 3.50. The molecule has 0 radical (unpaired) electrons. The van der Waals surface area contributed by atoms with Crippen molar-refractivity contribution < 1.29 is 17.1 Å². The quantitative estimate of drug-likeness (QED) is 0.769. The van der Waals surface area contributed by atoms with E-state index in [1.165, 1.54) is 4.90 Å². The first-order valence-corrected chi connectivity index (χ1v) is 7.45. The Hall–Kier alpha value is -1.50. The van der Waals surface area contributed by atoms with Crippen molar-refractivity contribution in [3.05, 3.63) is 29.6 Å². The van der Waals surface area contributed by atoms with Crippen LogP contribution in [0.15, 0.2) is 18.2 Å². The monoisotopic (exact) mass is 286 g/mol. The van der Waals surface area contributed by atoms with Crippen LogP contribution in [-0.2, 0) is 21.4 Å². The Kier molecular flexibility index (Phi) is 3.84. The van der Waals surface area contributed by atoms with Crippen LogP contribution in [0.3, 0.4) is 0 Å². The minimum Gasteiger partial charge on any atom is -0.341 e. The lowest BCUT2D eigenvalue weighted by atomic mass is 10.2. The van der Waals surface area contributed by atoms with E-state index >= 15 is 0 Å². The first-order valence-electron chi connectivity index (χ1n) is 6.00. The van der Waals surface area contributed by atoms with E-state index in [2.05, 4.69) is 4.98 Å². The number of rotatable bonds is 4. The predicted octanol–water partition coefficient (Wildman–Crippen LogP) is 0.833. The first-order chi connectivity index (χ1) is 8.86. The van der Waals surface area contributed by atoms with Crippen LogP contribution in [0.25, 0.3) is 0 Å². The number of pyridine rings is 1. The maximum Gasteiger partial charge on any atom is 0.307 e. The van der Waals surface area contributed by atoms with Gasteiger partial charge < -0.3 is 4.90 Å². The number of carbonyl (C=O) groups excluding carboxylic acids is 1. The molecule has 0 aromatic carbocycles. The molecule has 19 heavy (non-hydrogen) atoms. The molecule has 0 saturated carbocycles. The number of nitrogens with zero attached hydrogens (tertiary/aromatic N) is 2. The highest BCUT2D eigenvalue weighted by molar-refractivity contribution is 7.87. The summed E-state index contributed by atoms with van der Waals surface area (Å²) in [6.45, 7) is 2.17. The summed E-state index contributed by atoms with van der Waals surface area (Å²) in [6.07, 6.45) is 0.270. The Bertz CT molecular complexity index is 588. The smallest absolute Gasteiger partial charge is 0.307 e. The van der Waals surface area contributed by atoms with Gasteiger partial charge in [0.15, 0.2) is 0 Å². The summed E-state index contributed by atoms with van der Waals surface area (Å²) in [6, 6.07) is 5.59. The number of carbonyl (C=O) groups is 1. The van der Waals surface area contributed by atoms with Crippen LogP contribution in [0.5, 0.6) is 0 Å². The Morgan fingerprint density at radius 1 is 1.47 bits per heavy atom. The minimum atomic E-state index is -4.64. The van der Waals surface area contributed by atoms with E-state index in [4.69, 9.17) is 0 Å². The molecule has 0 spiro atoms. The molecule has 2 rings (SSSR count). The van der Waals surface area contributed by atoms with Gasteiger partial charge in [-0.2, -0.15) is 8.42 Å². The molecule has 1 aliphatic rings. The van der Waals surface area contributed by atoms with E-state index < -0.39 is 15.5 Å². The Morgan fingerprint density at radius 3 is 2.79 bits per heavy atom. The van der Waals surface area contributed by atoms with Gasteiger partial charge in [0.05, 0.1) is 0 Å². The van der Waals surface area contributed by atoms with Gasteiger partial charge in [0.1, 0.15) is 5.25 Å². The van der Waals surface area contributed by atoms with Crippen molar-refractivity contribution in [2.24, 2.45) is 0 Å². The standard InChI is InChI=1S/C12H15FN2O3S/c1-9-3-2-4-10(14-9)5-6-15-8-11(7-12(15)16)19(13,17)18/h2-4,11H,5-8H2,1H3. The molecule has 1 amide bonds. The molecule has 1 aliphatic heterocycles. The number of halogens is 1. The van der Waals surface area contributed by atoms with Crippen LogP contribution < -0.4 is 0 Å². The van der Waals surface area contributed by atoms with Crippen LogP contribution in [0.4, 0.5) is 3.89 Å². The molecule has 1 aromatic rings. The molecule has 0 bridgehead atoms. The fraction of sp³-hybridized carbons (Fsp3) is 0.500. The normalized spacial score (nSPS) is 20.0. The SMILES string of the molecule is Cc1cccc(CCN2CC(S(=O)(=O)F)CC2=O)n1. The summed E-state index contributed by atoms with van der Waals surface area (Å²) in [5.41, 5.74) is 1.72. The Morgan fingerprint density at radius 2 is 2.21 bits per heavy atom. The van der Waals surface area contributed by atoms with Gasteiger partial charge in [-0.3, -0.25) is 9.78 Å². The number of hydrogen-bond donors (Lipinski definition) is 0. The second kappa shape index (κ2) is 5.24. The highest BCUT2D eigenvalue weighted by atomic mass is 32.3. The Labute approximate surface area is 111 Å². The van der Waals surface area contributed by atoms with E-state index in [1.54, 1.807) is 0 Å². The summed E-state index contributed by atoms with van der Waals surface area (Å²) in [5.74, 6) is -0.320. The predicted molar refractivity (Wildman–Crippen MR) is 67.7 cm³/mol. The molecule has 0 N–H and O–H groups in total. The van der Waals surface area contributed by atoms with Crippen molar-refractivity contribution in [1.82, 2.24) is 9.88 Å². The zero-order valence-corrected chi connectivity index (χ0v) is 11.4. The maximum absolute atomic E-state index is 12.8. The van der Waals surface area contributed by atoms with Crippen molar-refractivity contribution in [2.45, 2.75) is 25.0 Å². The number of aryl methyl sites for hydroxylation is 1. The fourth-order valence-electron chi connectivity index (χ4n) is 2.13. The molecule has 1 fully saturated rings. The number of hydrogen-bond acceptors (Lipinski definition) is 4. The zero-order valence-electron chi connectivity index (χ0n) is 10.5. The largest absolute Gasteiger partial charge is 0.341 e. The van der Waals surface area contributed by atoms with Gasteiger partial charge in [-0.15, -0.1) is 3.89 Å². The van der Waals surface area contributed by atoms with Crippen LogP contribution in [-0.4, -0.2) is 42.5 Å². The minimum absolute atomic E-state index is 0.0660. The third-order valence-electron chi connectivity index (χ3n) is 3.16. The van der Waals surface area contributed by atoms with Gasteiger partial charge in [0.2, 0.25) is 5.91 Å². The molecule has 104 valence electrons. The first kappa shape index (κ1) is 13.9. The number of amides is 1. The van der Waals surface area contributed by atoms with Crippen LogP contribution in [0.1, 0.15) is 17.8 Å². The molecule has 1 aromatic heterocycles. The van der Waals surface area contributed by atoms with Gasteiger partial charge in [-0.1, -0.05) is 6.07 Å². The van der Waals surface area contributed by atoms with Crippen LogP contribution in [0.2, 0.25) is 0 Å². The molecule has 0 aliphatic carbocycles.